The fraction of sp³-hybridized carbons (Fsp3) is 0. The molecule has 0 unspecified atom stereocenters. The molecule has 3 aromatic rings. The summed E-state index contributed by atoms with van der Waals surface area (Å²) in [5, 5.41) is 15.7. The van der Waals surface area contributed by atoms with Gasteiger partial charge in [-0.25, -0.2) is 4.98 Å². The van der Waals surface area contributed by atoms with E-state index in [4.69, 9.17) is 28.5 Å². The number of hydrogen-bond donors (Lipinski definition) is 2. The van der Waals surface area contributed by atoms with Crippen LogP contribution in [0.5, 0.6) is 0 Å². The summed E-state index contributed by atoms with van der Waals surface area (Å²) in [4.78, 5) is 16.7. The Labute approximate surface area is 160 Å². The summed E-state index contributed by atoms with van der Waals surface area (Å²) in [6.45, 7) is 0. The van der Waals surface area contributed by atoms with Gasteiger partial charge in [0, 0.05) is 11.8 Å². The van der Waals surface area contributed by atoms with E-state index in [2.05, 4.69) is 15.6 Å². The molecule has 5 nitrogen and oxygen atoms in total. The van der Waals surface area contributed by atoms with Gasteiger partial charge in [-0.1, -0.05) is 41.4 Å². The summed E-state index contributed by atoms with van der Waals surface area (Å²) in [5.74, 6) is 0.0886. The second-order valence-electron chi connectivity index (χ2n) is 5.27. The van der Waals surface area contributed by atoms with Crippen LogP contribution in [0.3, 0.4) is 0 Å². The largest absolute Gasteiger partial charge is 0.339 e. The highest BCUT2D eigenvalue weighted by atomic mass is 35.5. The van der Waals surface area contributed by atoms with Gasteiger partial charge in [-0.05, 0) is 36.4 Å². The molecule has 128 valence electrons. The zero-order valence-electron chi connectivity index (χ0n) is 13.3. The zero-order chi connectivity index (χ0) is 18.5. The van der Waals surface area contributed by atoms with Gasteiger partial charge in [0.15, 0.2) is 0 Å². The fourth-order valence-corrected chi connectivity index (χ4v) is 2.61. The third-order valence-electron chi connectivity index (χ3n) is 3.53. The molecular formula is C19H12Cl2N4O. The number of amides is 1. The van der Waals surface area contributed by atoms with E-state index in [0.717, 1.165) is 0 Å². The van der Waals surface area contributed by atoms with Crippen LogP contribution in [-0.4, -0.2) is 10.9 Å². The SMILES string of the molecule is N#Cc1ccccc1NC(=O)c1ccnc(Nc2cccc(Cl)c2Cl)c1. The van der Waals surface area contributed by atoms with Gasteiger partial charge in [0.05, 0.1) is 27.0 Å². The van der Waals surface area contributed by atoms with Crippen molar-refractivity contribution in [3.05, 3.63) is 82.0 Å². The van der Waals surface area contributed by atoms with Gasteiger partial charge < -0.3 is 10.6 Å². The fourth-order valence-electron chi connectivity index (χ4n) is 2.26. The summed E-state index contributed by atoms with van der Waals surface area (Å²) in [6, 6.07) is 17.2. The molecule has 3 rings (SSSR count). The monoisotopic (exact) mass is 382 g/mol. The summed E-state index contributed by atoms with van der Waals surface area (Å²) >= 11 is 12.2. The minimum atomic E-state index is -0.352. The predicted molar refractivity (Wildman–Crippen MR) is 103 cm³/mol. The number of rotatable bonds is 4. The normalized spacial score (nSPS) is 10.0. The average Bonchev–Trinajstić information content (AvgIpc) is 2.66. The van der Waals surface area contributed by atoms with Crippen molar-refractivity contribution in [2.75, 3.05) is 10.6 Å². The Kier molecular flexibility index (Phi) is 5.37. The molecule has 0 saturated heterocycles. The van der Waals surface area contributed by atoms with E-state index in [1.54, 1.807) is 54.6 Å². The highest BCUT2D eigenvalue weighted by molar-refractivity contribution is 6.43. The molecule has 7 heteroatoms. The van der Waals surface area contributed by atoms with E-state index in [9.17, 15) is 4.79 Å². The third kappa shape index (κ3) is 3.94. The van der Waals surface area contributed by atoms with Crippen molar-refractivity contribution in [1.82, 2.24) is 4.98 Å². The van der Waals surface area contributed by atoms with Crippen molar-refractivity contribution < 1.29 is 4.79 Å². The van der Waals surface area contributed by atoms with Crippen LogP contribution in [0.4, 0.5) is 17.2 Å². The first-order valence-electron chi connectivity index (χ1n) is 7.56. The number of carbonyl (C=O) groups is 1. The van der Waals surface area contributed by atoms with Gasteiger partial charge in [0.2, 0.25) is 0 Å². The van der Waals surface area contributed by atoms with E-state index in [0.29, 0.717) is 38.4 Å². The number of nitrogens with zero attached hydrogens (tertiary/aromatic N) is 2. The number of hydrogen-bond acceptors (Lipinski definition) is 4. The topological polar surface area (TPSA) is 77.8 Å². The molecular weight excluding hydrogens is 371 g/mol. The van der Waals surface area contributed by atoms with Gasteiger partial charge in [-0.2, -0.15) is 5.26 Å². The van der Waals surface area contributed by atoms with Crippen LogP contribution in [-0.2, 0) is 0 Å². The molecule has 0 fully saturated rings. The molecule has 0 radical (unpaired) electrons. The maximum absolute atomic E-state index is 12.5. The number of aromatic nitrogens is 1. The minimum Gasteiger partial charge on any atom is -0.339 e. The lowest BCUT2D eigenvalue weighted by molar-refractivity contribution is 0.102. The van der Waals surface area contributed by atoms with Crippen LogP contribution in [0.15, 0.2) is 60.8 Å². The minimum absolute atomic E-state index is 0.352. The lowest BCUT2D eigenvalue weighted by Gasteiger charge is -2.10. The summed E-state index contributed by atoms with van der Waals surface area (Å²) in [5.41, 5.74) is 1.80. The number of carbonyl (C=O) groups excluding carboxylic acids is 1. The molecule has 0 aliphatic carbocycles. The van der Waals surface area contributed by atoms with Crippen LogP contribution in [0, 0.1) is 11.3 Å². The first-order chi connectivity index (χ1) is 12.6. The summed E-state index contributed by atoms with van der Waals surface area (Å²) in [6.07, 6.45) is 1.51. The van der Waals surface area contributed by atoms with Gasteiger partial charge in [-0.3, -0.25) is 4.79 Å². The molecule has 0 saturated carbocycles. The summed E-state index contributed by atoms with van der Waals surface area (Å²) < 4.78 is 0. The number of pyridine rings is 1. The van der Waals surface area contributed by atoms with Crippen molar-refractivity contribution in [1.29, 1.82) is 5.26 Å². The maximum atomic E-state index is 12.5. The lowest BCUT2D eigenvalue weighted by atomic mass is 10.1. The molecule has 2 aromatic carbocycles. The van der Waals surface area contributed by atoms with E-state index < -0.39 is 0 Å². The number of nitriles is 1. The molecule has 0 aliphatic heterocycles. The van der Waals surface area contributed by atoms with Crippen molar-refractivity contribution in [3.63, 3.8) is 0 Å². The Morgan fingerprint density at radius 3 is 2.62 bits per heavy atom. The Morgan fingerprint density at radius 1 is 1.04 bits per heavy atom. The number of benzene rings is 2. The lowest BCUT2D eigenvalue weighted by Crippen LogP contribution is -2.13. The van der Waals surface area contributed by atoms with Gasteiger partial charge >= 0.3 is 0 Å². The van der Waals surface area contributed by atoms with Crippen molar-refractivity contribution in [2.24, 2.45) is 0 Å². The Morgan fingerprint density at radius 2 is 1.81 bits per heavy atom. The van der Waals surface area contributed by atoms with Crippen molar-refractivity contribution in [2.45, 2.75) is 0 Å². The van der Waals surface area contributed by atoms with E-state index >= 15 is 0 Å². The van der Waals surface area contributed by atoms with E-state index in [-0.39, 0.29) is 5.91 Å². The standard InChI is InChI=1S/C19H12Cl2N4O/c20-14-5-3-7-16(18(14)21)24-17-10-12(8-9-23-17)19(26)25-15-6-2-1-4-13(15)11-22/h1-10H,(H,23,24)(H,25,26). The van der Waals surface area contributed by atoms with Crippen LogP contribution in [0.25, 0.3) is 0 Å². The molecule has 0 atom stereocenters. The molecule has 26 heavy (non-hydrogen) atoms. The van der Waals surface area contributed by atoms with E-state index in [1.807, 2.05) is 6.07 Å². The zero-order valence-corrected chi connectivity index (χ0v) is 14.8. The highest BCUT2D eigenvalue weighted by Gasteiger charge is 2.11. The average molecular weight is 383 g/mol. The molecule has 0 bridgehead atoms. The van der Waals surface area contributed by atoms with Crippen LogP contribution in [0.1, 0.15) is 15.9 Å². The molecule has 0 spiro atoms. The molecule has 0 aliphatic rings. The first-order valence-corrected chi connectivity index (χ1v) is 8.31. The quantitative estimate of drug-likeness (QED) is 0.645. The first kappa shape index (κ1) is 17.7. The number of anilines is 3. The molecule has 1 amide bonds. The Hall–Kier alpha value is -3.07. The number of nitrogens with one attached hydrogen (secondary N) is 2. The van der Waals surface area contributed by atoms with Crippen LogP contribution in [0.2, 0.25) is 10.0 Å². The third-order valence-corrected chi connectivity index (χ3v) is 4.35. The molecule has 1 heterocycles. The Bertz CT molecular complexity index is 1010. The molecule has 2 N–H and O–H groups in total. The van der Waals surface area contributed by atoms with Crippen LogP contribution >= 0.6 is 23.2 Å². The van der Waals surface area contributed by atoms with Crippen molar-refractivity contribution in [3.8, 4) is 6.07 Å². The maximum Gasteiger partial charge on any atom is 0.255 e. The second-order valence-corrected chi connectivity index (χ2v) is 6.05. The Balaban J connectivity index is 1.82. The van der Waals surface area contributed by atoms with Gasteiger partial charge in [-0.15, -0.1) is 0 Å². The second kappa shape index (κ2) is 7.87. The van der Waals surface area contributed by atoms with Crippen LogP contribution < -0.4 is 10.6 Å². The van der Waals surface area contributed by atoms with Gasteiger partial charge in [0.25, 0.3) is 5.91 Å². The van der Waals surface area contributed by atoms with E-state index in [1.165, 1.54) is 6.20 Å². The summed E-state index contributed by atoms with van der Waals surface area (Å²) in [7, 11) is 0. The van der Waals surface area contributed by atoms with Crippen molar-refractivity contribution >= 4 is 46.3 Å². The molecule has 1 aromatic heterocycles. The predicted octanol–water partition coefficient (Wildman–Crippen LogP) is 5.26. The number of para-hydroxylation sites is 1. The highest BCUT2D eigenvalue weighted by Crippen LogP contribution is 2.31. The number of halogens is 2. The smallest absolute Gasteiger partial charge is 0.255 e. The van der Waals surface area contributed by atoms with Gasteiger partial charge in [0.1, 0.15) is 11.9 Å².